The van der Waals surface area contributed by atoms with Crippen molar-refractivity contribution >= 4 is 21.6 Å². The van der Waals surface area contributed by atoms with Crippen LogP contribution >= 0.6 is 11.6 Å². The zero-order chi connectivity index (χ0) is 14.3. The number of hydrogen-bond acceptors (Lipinski definition) is 2. The van der Waals surface area contributed by atoms with Gasteiger partial charge in [-0.15, -0.1) is 0 Å². The van der Waals surface area contributed by atoms with Crippen molar-refractivity contribution in [3.8, 4) is 0 Å². The second kappa shape index (κ2) is 9.58. The lowest BCUT2D eigenvalue weighted by atomic mass is 10.4. The Balaban J connectivity index is 0.00000361. The molecule has 0 aliphatic rings. The number of quaternary nitrogens is 1. The Bertz CT molecular complexity index is 474. The van der Waals surface area contributed by atoms with E-state index in [0.29, 0.717) is 11.6 Å². The fraction of sp³-hybridized carbons (Fsp3) is 0.538. The second-order valence-electron chi connectivity index (χ2n) is 4.41. The van der Waals surface area contributed by atoms with E-state index in [2.05, 4.69) is 18.6 Å². The number of hydrogen-bond donors (Lipinski definition) is 2. The van der Waals surface area contributed by atoms with Crippen LogP contribution in [0.4, 0.5) is 0 Å². The first-order chi connectivity index (χ1) is 8.99. The fourth-order valence-corrected chi connectivity index (χ4v) is 3.05. The first kappa shape index (κ1) is 19.7. The van der Waals surface area contributed by atoms with Crippen molar-refractivity contribution in [2.75, 3.05) is 26.2 Å². The molecule has 0 fully saturated rings. The van der Waals surface area contributed by atoms with Gasteiger partial charge >= 0.3 is 0 Å². The molecule has 4 nitrogen and oxygen atoms in total. The third kappa shape index (κ3) is 6.41. The highest BCUT2D eigenvalue weighted by atomic mass is 35.5. The minimum absolute atomic E-state index is 0. The van der Waals surface area contributed by atoms with Crippen LogP contribution in [0.2, 0.25) is 5.02 Å². The number of nitrogens with one attached hydrogen (secondary N) is 2. The lowest BCUT2D eigenvalue weighted by molar-refractivity contribution is -0.896. The summed E-state index contributed by atoms with van der Waals surface area (Å²) in [7, 11) is -3.41. The molecule has 116 valence electrons. The van der Waals surface area contributed by atoms with E-state index < -0.39 is 10.0 Å². The summed E-state index contributed by atoms with van der Waals surface area (Å²) in [5.41, 5.74) is 0. The van der Waals surface area contributed by atoms with Crippen molar-refractivity contribution in [3.63, 3.8) is 0 Å². The largest absolute Gasteiger partial charge is 1.00 e. The van der Waals surface area contributed by atoms with Gasteiger partial charge in [-0.25, -0.2) is 13.1 Å². The first-order valence-corrected chi connectivity index (χ1v) is 8.44. The smallest absolute Gasteiger partial charge is 0.240 e. The predicted molar refractivity (Wildman–Crippen MR) is 78.2 cm³/mol. The highest BCUT2D eigenvalue weighted by Gasteiger charge is 2.13. The van der Waals surface area contributed by atoms with E-state index in [1.807, 2.05) is 0 Å². The van der Waals surface area contributed by atoms with Crippen LogP contribution in [0.25, 0.3) is 0 Å². The molecule has 1 aromatic rings. The SMILES string of the molecule is CC[NH+](CC)CCCNS(=O)(=O)c1ccc(Cl)cc1.[Cl-]. The first-order valence-electron chi connectivity index (χ1n) is 6.58. The van der Waals surface area contributed by atoms with E-state index in [1.54, 1.807) is 12.1 Å². The summed E-state index contributed by atoms with van der Waals surface area (Å²) < 4.78 is 26.5. The summed E-state index contributed by atoms with van der Waals surface area (Å²) in [6, 6.07) is 6.19. The van der Waals surface area contributed by atoms with Crippen molar-refractivity contribution in [3.05, 3.63) is 29.3 Å². The molecule has 2 N–H and O–H groups in total. The van der Waals surface area contributed by atoms with Gasteiger partial charge in [-0.1, -0.05) is 11.6 Å². The molecule has 0 amide bonds. The van der Waals surface area contributed by atoms with E-state index >= 15 is 0 Å². The molecule has 7 heteroatoms. The molecule has 0 unspecified atom stereocenters. The zero-order valence-corrected chi connectivity index (χ0v) is 14.2. The Labute approximate surface area is 133 Å². The van der Waals surface area contributed by atoms with Crippen LogP contribution in [0.15, 0.2) is 29.2 Å². The molecule has 0 aliphatic heterocycles. The van der Waals surface area contributed by atoms with Crippen molar-refractivity contribution in [2.24, 2.45) is 0 Å². The van der Waals surface area contributed by atoms with Gasteiger partial charge in [0, 0.05) is 18.0 Å². The maximum atomic E-state index is 12.0. The van der Waals surface area contributed by atoms with Gasteiger partial charge in [-0.2, -0.15) is 0 Å². The number of rotatable bonds is 8. The normalized spacial score (nSPS) is 11.4. The molecule has 0 atom stereocenters. The van der Waals surface area contributed by atoms with Crippen molar-refractivity contribution in [1.82, 2.24) is 4.72 Å². The van der Waals surface area contributed by atoms with E-state index in [0.717, 1.165) is 26.1 Å². The summed E-state index contributed by atoms with van der Waals surface area (Å²) in [5.74, 6) is 0. The molecule has 0 spiro atoms. The van der Waals surface area contributed by atoms with Crippen LogP contribution in [-0.4, -0.2) is 34.6 Å². The Hall–Kier alpha value is -0.330. The summed E-state index contributed by atoms with van der Waals surface area (Å²) in [6.45, 7) is 7.86. The van der Waals surface area contributed by atoms with Crippen LogP contribution in [0.3, 0.4) is 0 Å². The van der Waals surface area contributed by atoms with Gasteiger partial charge in [0.1, 0.15) is 0 Å². The Morgan fingerprint density at radius 3 is 2.20 bits per heavy atom. The molecule has 0 aliphatic carbocycles. The summed E-state index contributed by atoms with van der Waals surface area (Å²) in [5, 5.41) is 0.532. The van der Waals surface area contributed by atoms with Gasteiger partial charge in [-0.05, 0) is 38.1 Å². The summed E-state index contributed by atoms with van der Waals surface area (Å²) in [6.07, 6.45) is 0.837. The summed E-state index contributed by atoms with van der Waals surface area (Å²) >= 11 is 5.74. The third-order valence-corrected chi connectivity index (χ3v) is 4.85. The van der Waals surface area contributed by atoms with E-state index in [1.165, 1.54) is 17.0 Å². The molecule has 0 heterocycles. The van der Waals surface area contributed by atoms with Gasteiger partial charge in [-0.3, -0.25) is 0 Å². The summed E-state index contributed by atoms with van der Waals surface area (Å²) in [4.78, 5) is 1.73. The molecular formula is C13H22Cl2N2O2S. The fourth-order valence-electron chi connectivity index (χ4n) is 1.85. The number of benzene rings is 1. The molecule has 0 saturated carbocycles. The van der Waals surface area contributed by atoms with Crippen molar-refractivity contribution in [1.29, 1.82) is 0 Å². The van der Waals surface area contributed by atoms with Crippen LogP contribution in [0, 0.1) is 0 Å². The van der Waals surface area contributed by atoms with Gasteiger partial charge < -0.3 is 17.3 Å². The van der Waals surface area contributed by atoms with Crippen LogP contribution < -0.4 is 22.0 Å². The van der Waals surface area contributed by atoms with Gasteiger partial charge in [0.25, 0.3) is 0 Å². The van der Waals surface area contributed by atoms with E-state index in [-0.39, 0.29) is 17.3 Å². The minimum Gasteiger partial charge on any atom is -1.00 e. The monoisotopic (exact) mass is 340 g/mol. The maximum absolute atomic E-state index is 12.0. The molecule has 1 aromatic carbocycles. The zero-order valence-electron chi connectivity index (χ0n) is 11.8. The van der Waals surface area contributed by atoms with Gasteiger partial charge in [0.2, 0.25) is 10.0 Å². The average molecular weight is 341 g/mol. The maximum Gasteiger partial charge on any atom is 0.240 e. The van der Waals surface area contributed by atoms with Gasteiger partial charge in [0.15, 0.2) is 0 Å². The third-order valence-electron chi connectivity index (χ3n) is 3.12. The average Bonchev–Trinajstić information content (AvgIpc) is 2.39. The highest BCUT2D eigenvalue weighted by molar-refractivity contribution is 7.89. The number of halogens is 2. The Morgan fingerprint density at radius 1 is 1.15 bits per heavy atom. The van der Waals surface area contributed by atoms with E-state index in [9.17, 15) is 8.42 Å². The van der Waals surface area contributed by atoms with Crippen molar-refractivity contribution in [2.45, 2.75) is 25.2 Å². The molecule has 20 heavy (non-hydrogen) atoms. The molecular weight excluding hydrogens is 319 g/mol. The van der Waals surface area contributed by atoms with Crippen molar-refractivity contribution < 1.29 is 25.7 Å². The standard InChI is InChI=1S/C13H21ClN2O2S.ClH/c1-3-16(4-2)11-5-10-15-19(17,18)13-8-6-12(14)7-9-13;/h6-9,15H,3-5,10-11H2,1-2H3;1H. The molecule has 0 bridgehead atoms. The second-order valence-corrected chi connectivity index (χ2v) is 6.62. The molecule has 1 rings (SSSR count). The minimum atomic E-state index is -3.41. The molecule has 0 radical (unpaired) electrons. The predicted octanol–water partition coefficient (Wildman–Crippen LogP) is -2.06. The van der Waals surface area contributed by atoms with E-state index in [4.69, 9.17) is 11.6 Å². The molecule has 0 saturated heterocycles. The van der Waals surface area contributed by atoms with Gasteiger partial charge in [0.05, 0.1) is 24.5 Å². The topological polar surface area (TPSA) is 50.6 Å². The highest BCUT2D eigenvalue weighted by Crippen LogP contribution is 2.13. The number of sulfonamides is 1. The van der Waals surface area contributed by atoms with Crippen LogP contribution in [-0.2, 0) is 10.0 Å². The van der Waals surface area contributed by atoms with Crippen LogP contribution in [0.5, 0.6) is 0 Å². The Morgan fingerprint density at radius 2 is 1.70 bits per heavy atom. The lowest BCUT2D eigenvalue weighted by Gasteiger charge is -2.15. The quantitative estimate of drug-likeness (QED) is 0.534. The molecule has 0 aromatic heterocycles. The van der Waals surface area contributed by atoms with Crippen LogP contribution in [0.1, 0.15) is 20.3 Å². The Kier molecular flexibility index (Phi) is 9.42. The lowest BCUT2D eigenvalue weighted by Crippen LogP contribution is -3.11.